The molecule has 5 rings (SSSR count). The molecular weight excluding hydrogens is 362 g/mol. The molecule has 0 saturated carbocycles. The molecule has 4 aromatic rings. The molecule has 5 nitrogen and oxygen atoms in total. The van der Waals surface area contributed by atoms with Crippen molar-refractivity contribution >= 4 is 17.2 Å². The van der Waals surface area contributed by atoms with Gasteiger partial charge >= 0.3 is 5.56 Å². The van der Waals surface area contributed by atoms with Gasteiger partial charge in [-0.2, -0.15) is 8.97 Å². The van der Waals surface area contributed by atoms with Crippen LogP contribution in [0.1, 0.15) is 17.2 Å². The maximum Gasteiger partial charge on any atom is 0.354 e. The first-order valence-electron chi connectivity index (χ1n) is 8.63. The number of halogens is 1. The number of rotatable bonds is 2. The normalized spacial score (nSPS) is 15.4. The van der Waals surface area contributed by atoms with Gasteiger partial charge in [0.05, 0.1) is 6.20 Å². The SMILES string of the molecule is O=c1c(-c2ccccc2)c(O)[n+]2c3c(cccn13)CC2c1ccc(Cl)nc1. The summed E-state index contributed by atoms with van der Waals surface area (Å²) in [5.41, 5.74) is 3.38. The molecule has 0 aliphatic carbocycles. The molecule has 6 heteroatoms. The highest BCUT2D eigenvalue weighted by atomic mass is 35.5. The van der Waals surface area contributed by atoms with Crippen LogP contribution in [-0.2, 0) is 6.42 Å². The summed E-state index contributed by atoms with van der Waals surface area (Å²) in [6.07, 6.45) is 4.13. The van der Waals surface area contributed by atoms with Crippen LogP contribution in [0.25, 0.3) is 16.8 Å². The molecule has 0 saturated heterocycles. The van der Waals surface area contributed by atoms with Crippen LogP contribution in [0, 0.1) is 0 Å². The van der Waals surface area contributed by atoms with Crippen molar-refractivity contribution in [2.45, 2.75) is 12.5 Å². The topological polar surface area (TPSA) is 58.5 Å². The van der Waals surface area contributed by atoms with Gasteiger partial charge in [-0.1, -0.05) is 48.0 Å². The largest absolute Gasteiger partial charge is 0.477 e. The van der Waals surface area contributed by atoms with E-state index in [9.17, 15) is 9.90 Å². The Kier molecular flexibility index (Phi) is 3.52. The van der Waals surface area contributed by atoms with Crippen LogP contribution in [0.3, 0.4) is 0 Å². The van der Waals surface area contributed by atoms with E-state index in [2.05, 4.69) is 4.98 Å². The first kappa shape index (κ1) is 16.0. The molecule has 1 aliphatic rings. The van der Waals surface area contributed by atoms with Crippen molar-refractivity contribution in [3.05, 3.63) is 93.6 Å². The number of aromatic nitrogens is 3. The Balaban J connectivity index is 1.85. The summed E-state index contributed by atoms with van der Waals surface area (Å²) in [6, 6.07) is 16.6. The van der Waals surface area contributed by atoms with Crippen molar-refractivity contribution in [3.63, 3.8) is 0 Å². The van der Waals surface area contributed by atoms with E-state index in [0.29, 0.717) is 28.3 Å². The van der Waals surface area contributed by atoms with Gasteiger partial charge < -0.3 is 5.11 Å². The standard InChI is InChI=1S/C21H14ClN3O2/c22-17-9-8-15(12-23-17)16-11-14-7-4-10-24-19(14)25(16)21(27)18(20(24)26)13-5-2-1-3-6-13/h1-10,12,16H,11H2/p+1. The first-order chi connectivity index (χ1) is 13.1. The maximum absolute atomic E-state index is 13.1. The quantitative estimate of drug-likeness (QED) is 0.432. The van der Waals surface area contributed by atoms with Gasteiger partial charge in [0.2, 0.25) is 0 Å². The summed E-state index contributed by atoms with van der Waals surface area (Å²) in [5.74, 6) is -0.0314. The fraction of sp³-hybridized carbons (Fsp3) is 0.0952. The number of hydrogen-bond acceptors (Lipinski definition) is 3. The first-order valence-corrected chi connectivity index (χ1v) is 9.00. The molecule has 1 aromatic carbocycles. The summed E-state index contributed by atoms with van der Waals surface area (Å²) >= 11 is 5.93. The minimum atomic E-state index is -0.235. The van der Waals surface area contributed by atoms with Gasteiger partial charge in [-0.05, 0) is 23.8 Å². The summed E-state index contributed by atoms with van der Waals surface area (Å²) in [4.78, 5) is 17.3. The van der Waals surface area contributed by atoms with Gasteiger partial charge in [-0.25, -0.2) is 9.78 Å². The summed E-state index contributed by atoms with van der Waals surface area (Å²) in [7, 11) is 0. The second-order valence-electron chi connectivity index (χ2n) is 6.60. The van der Waals surface area contributed by atoms with Gasteiger partial charge in [0.25, 0.3) is 11.5 Å². The number of aromatic hydroxyl groups is 1. The Morgan fingerprint density at radius 2 is 1.93 bits per heavy atom. The van der Waals surface area contributed by atoms with E-state index in [1.54, 1.807) is 22.9 Å². The minimum absolute atomic E-state index is 0.0314. The molecule has 132 valence electrons. The van der Waals surface area contributed by atoms with Gasteiger partial charge in [0.15, 0.2) is 5.56 Å². The third-order valence-corrected chi connectivity index (χ3v) is 5.31. The number of benzene rings is 1. The molecule has 0 radical (unpaired) electrons. The third-order valence-electron chi connectivity index (χ3n) is 5.08. The number of hydrogen-bond donors (Lipinski definition) is 1. The van der Waals surface area contributed by atoms with Crippen LogP contribution in [0.5, 0.6) is 5.88 Å². The van der Waals surface area contributed by atoms with Crippen LogP contribution < -0.4 is 10.1 Å². The Labute approximate surface area is 159 Å². The predicted octanol–water partition coefficient (Wildman–Crippen LogP) is 3.15. The second-order valence-corrected chi connectivity index (χ2v) is 6.99. The molecule has 0 amide bonds. The molecule has 3 aromatic heterocycles. The molecule has 0 spiro atoms. The zero-order chi connectivity index (χ0) is 18.5. The second kappa shape index (κ2) is 5.93. The Hall–Kier alpha value is -3.18. The lowest BCUT2D eigenvalue weighted by atomic mass is 10.0. The lowest BCUT2D eigenvalue weighted by molar-refractivity contribution is -0.690. The monoisotopic (exact) mass is 376 g/mol. The smallest absolute Gasteiger partial charge is 0.354 e. The zero-order valence-electron chi connectivity index (χ0n) is 14.2. The lowest BCUT2D eigenvalue weighted by Crippen LogP contribution is -2.42. The Morgan fingerprint density at radius 3 is 2.67 bits per heavy atom. The van der Waals surface area contributed by atoms with E-state index in [1.807, 2.05) is 53.1 Å². The van der Waals surface area contributed by atoms with Crippen LogP contribution >= 0.6 is 11.6 Å². The highest BCUT2D eigenvalue weighted by Crippen LogP contribution is 2.32. The highest BCUT2D eigenvalue weighted by Gasteiger charge is 2.38. The van der Waals surface area contributed by atoms with Gasteiger partial charge in [-0.15, -0.1) is 0 Å². The Bertz CT molecular complexity index is 1230. The minimum Gasteiger partial charge on any atom is -0.477 e. The van der Waals surface area contributed by atoms with E-state index in [1.165, 1.54) is 0 Å². The molecule has 1 atom stereocenters. The van der Waals surface area contributed by atoms with E-state index in [0.717, 1.165) is 11.1 Å². The average Bonchev–Trinajstić information content (AvgIpc) is 3.08. The van der Waals surface area contributed by atoms with Crippen molar-refractivity contribution in [1.82, 2.24) is 9.38 Å². The molecular formula is C21H15ClN3O2+. The van der Waals surface area contributed by atoms with Crippen LogP contribution in [0.2, 0.25) is 5.15 Å². The molecule has 1 N–H and O–H groups in total. The van der Waals surface area contributed by atoms with Crippen molar-refractivity contribution in [2.75, 3.05) is 0 Å². The maximum atomic E-state index is 13.1. The van der Waals surface area contributed by atoms with Crippen molar-refractivity contribution in [1.29, 1.82) is 0 Å². The van der Waals surface area contributed by atoms with E-state index in [4.69, 9.17) is 11.6 Å². The summed E-state index contributed by atoms with van der Waals surface area (Å²) in [6.45, 7) is 0. The lowest BCUT2D eigenvalue weighted by Gasteiger charge is -2.13. The van der Waals surface area contributed by atoms with Gasteiger partial charge in [0.1, 0.15) is 11.2 Å². The highest BCUT2D eigenvalue weighted by molar-refractivity contribution is 6.29. The number of nitrogens with zero attached hydrogens (tertiary/aromatic N) is 3. The molecule has 27 heavy (non-hydrogen) atoms. The van der Waals surface area contributed by atoms with Crippen molar-refractivity contribution < 1.29 is 9.67 Å². The van der Waals surface area contributed by atoms with Crippen LogP contribution in [-0.4, -0.2) is 14.5 Å². The predicted molar refractivity (Wildman–Crippen MR) is 102 cm³/mol. The fourth-order valence-electron chi connectivity index (χ4n) is 3.88. The van der Waals surface area contributed by atoms with Crippen LogP contribution in [0.15, 0.2) is 71.8 Å². The third kappa shape index (κ3) is 2.35. The Morgan fingerprint density at radius 1 is 1.11 bits per heavy atom. The molecule has 4 heterocycles. The van der Waals surface area contributed by atoms with E-state index < -0.39 is 0 Å². The molecule has 0 fully saturated rings. The van der Waals surface area contributed by atoms with Gasteiger partial charge in [0, 0.05) is 23.7 Å². The van der Waals surface area contributed by atoms with Gasteiger partial charge in [-0.3, -0.25) is 0 Å². The van der Waals surface area contributed by atoms with E-state index >= 15 is 0 Å². The van der Waals surface area contributed by atoms with E-state index in [-0.39, 0.29) is 17.5 Å². The summed E-state index contributed by atoms with van der Waals surface area (Å²) < 4.78 is 3.44. The molecule has 1 unspecified atom stereocenters. The number of pyridine rings is 2. The molecule has 1 aliphatic heterocycles. The zero-order valence-corrected chi connectivity index (χ0v) is 15.0. The average molecular weight is 377 g/mol. The fourth-order valence-corrected chi connectivity index (χ4v) is 3.99. The van der Waals surface area contributed by atoms with Crippen molar-refractivity contribution in [3.8, 4) is 17.0 Å². The summed E-state index contributed by atoms with van der Waals surface area (Å²) in [5, 5.41) is 11.6. The van der Waals surface area contributed by atoms with Crippen molar-refractivity contribution in [2.24, 2.45) is 0 Å². The van der Waals surface area contributed by atoms with Crippen LogP contribution in [0.4, 0.5) is 0 Å². The molecule has 0 bridgehead atoms.